The van der Waals surface area contributed by atoms with Crippen LogP contribution in [0.1, 0.15) is 49.3 Å². The van der Waals surface area contributed by atoms with E-state index in [-0.39, 0.29) is 12.4 Å². The molecule has 2 nitrogen and oxygen atoms in total. The van der Waals surface area contributed by atoms with E-state index in [0.717, 1.165) is 6.54 Å². The smallest absolute Gasteiger partial charge is 0.0945 e. The van der Waals surface area contributed by atoms with Gasteiger partial charge in [-0.05, 0) is 72.6 Å². The van der Waals surface area contributed by atoms with Crippen molar-refractivity contribution in [2.75, 3.05) is 0 Å². The molecule has 1 heterocycles. The molecule has 0 radical (unpaired) electrons. The molecule has 0 bridgehead atoms. The number of rotatable bonds is 3. The third kappa shape index (κ3) is 2.87. The van der Waals surface area contributed by atoms with E-state index in [2.05, 4.69) is 50.7 Å². The summed E-state index contributed by atoms with van der Waals surface area (Å²) < 4.78 is 3.57. The Bertz CT molecular complexity index is 683. The first-order chi connectivity index (χ1) is 10.7. The van der Waals surface area contributed by atoms with Gasteiger partial charge in [-0.2, -0.15) is 0 Å². The Morgan fingerprint density at radius 1 is 1.39 bits per heavy atom. The number of imidazole rings is 1. The van der Waals surface area contributed by atoms with Gasteiger partial charge < -0.3 is 4.57 Å². The third-order valence-electron chi connectivity index (χ3n) is 5.85. The molecule has 4 heteroatoms. The van der Waals surface area contributed by atoms with Gasteiger partial charge in [-0.15, -0.1) is 12.4 Å². The second-order valence-corrected chi connectivity index (χ2v) is 7.94. The Labute approximate surface area is 153 Å². The Kier molecular flexibility index (Phi) is 4.89. The highest BCUT2D eigenvalue weighted by Crippen LogP contribution is 2.51. The average molecular weight is 396 g/mol. The Balaban J connectivity index is 0.00000156. The normalized spacial score (nSPS) is 25.6. The number of benzene rings is 1. The third-order valence-corrected chi connectivity index (χ3v) is 6.59. The van der Waals surface area contributed by atoms with Crippen LogP contribution in [0, 0.1) is 5.92 Å². The van der Waals surface area contributed by atoms with Gasteiger partial charge in [0.25, 0.3) is 0 Å². The average Bonchev–Trinajstić information content (AvgIpc) is 3.03. The fourth-order valence-electron chi connectivity index (χ4n) is 4.92. The van der Waals surface area contributed by atoms with Crippen LogP contribution in [0.4, 0.5) is 0 Å². The Morgan fingerprint density at radius 3 is 3.00 bits per heavy atom. The van der Waals surface area contributed by atoms with E-state index in [0.29, 0.717) is 11.3 Å². The molecular formula is C19H24BrClN2. The zero-order valence-corrected chi connectivity index (χ0v) is 16.0. The zero-order chi connectivity index (χ0) is 15.2. The first kappa shape index (κ1) is 17.0. The molecule has 23 heavy (non-hydrogen) atoms. The van der Waals surface area contributed by atoms with Crippen molar-refractivity contribution < 1.29 is 0 Å². The van der Waals surface area contributed by atoms with Gasteiger partial charge in [-0.3, -0.25) is 0 Å². The van der Waals surface area contributed by atoms with Crippen molar-refractivity contribution in [3.63, 3.8) is 0 Å². The maximum atomic E-state index is 4.21. The van der Waals surface area contributed by atoms with Gasteiger partial charge in [-0.25, -0.2) is 4.98 Å². The molecule has 4 rings (SSSR count). The van der Waals surface area contributed by atoms with Gasteiger partial charge >= 0.3 is 0 Å². The summed E-state index contributed by atoms with van der Waals surface area (Å²) in [5, 5.41) is 0. The second-order valence-electron chi connectivity index (χ2n) is 7.08. The lowest BCUT2D eigenvalue weighted by atomic mass is 9.59. The molecule has 0 saturated heterocycles. The van der Waals surface area contributed by atoms with Crippen LogP contribution in [0.5, 0.6) is 0 Å². The topological polar surface area (TPSA) is 17.8 Å². The van der Waals surface area contributed by atoms with Crippen LogP contribution in [0.15, 0.2) is 35.3 Å². The van der Waals surface area contributed by atoms with Crippen molar-refractivity contribution in [2.24, 2.45) is 5.92 Å². The standard InChI is InChI=1S/C19H23BrN2.ClH/c1-2-19-7-3-4-15-5-6-17(20)16(18(15)19)10-14(11-19)12-22-9-8-21-13-22;/h5-6,8-9,13-14H,2-4,7,10-12H2,1H3;1H. The molecule has 0 N–H and O–H groups in total. The first-order valence-electron chi connectivity index (χ1n) is 8.48. The molecule has 124 valence electrons. The molecule has 0 amide bonds. The molecule has 1 aromatic carbocycles. The monoisotopic (exact) mass is 394 g/mol. The molecule has 0 fully saturated rings. The highest BCUT2D eigenvalue weighted by molar-refractivity contribution is 9.10. The van der Waals surface area contributed by atoms with E-state index in [1.165, 1.54) is 43.0 Å². The molecule has 2 aromatic rings. The molecule has 0 aliphatic heterocycles. The largest absolute Gasteiger partial charge is 0.337 e. The molecule has 2 atom stereocenters. The summed E-state index contributed by atoms with van der Waals surface area (Å²) in [5.74, 6) is 0.714. The molecular weight excluding hydrogens is 372 g/mol. The first-order valence-corrected chi connectivity index (χ1v) is 9.27. The highest BCUT2D eigenvalue weighted by atomic mass is 79.9. The van der Waals surface area contributed by atoms with Crippen molar-refractivity contribution in [3.05, 3.63) is 52.0 Å². The minimum absolute atomic E-state index is 0. The fraction of sp³-hybridized carbons (Fsp3) is 0.526. The van der Waals surface area contributed by atoms with Crippen LogP contribution in [0.2, 0.25) is 0 Å². The molecule has 2 unspecified atom stereocenters. The van der Waals surface area contributed by atoms with Crippen molar-refractivity contribution in [1.82, 2.24) is 9.55 Å². The fourth-order valence-corrected chi connectivity index (χ4v) is 5.41. The summed E-state index contributed by atoms with van der Waals surface area (Å²) in [6.45, 7) is 3.48. The summed E-state index contributed by atoms with van der Waals surface area (Å²) in [4.78, 5) is 4.21. The van der Waals surface area contributed by atoms with Crippen LogP contribution < -0.4 is 0 Å². The van der Waals surface area contributed by atoms with Gasteiger partial charge in [0.05, 0.1) is 6.33 Å². The number of aromatic nitrogens is 2. The lowest BCUT2D eigenvalue weighted by Crippen LogP contribution is -2.39. The van der Waals surface area contributed by atoms with Crippen LogP contribution in [0.25, 0.3) is 0 Å². The van der Waals surface area contributed by atoms with E-state index in [9.17, 15) is 0 Å². The van der Waals surface area contributed by atoms with Crippen molar-refractivity contribution in [2.45, 2.75) is 57.4 Å². The number of aryl methyl sites for hydroxylation is 1. The quantitative estimate of drug-likeness (QED) is 0.688. The Morgan fingerprint density at radius 2 is 2.26 bits per heavy atom. The van der Waals surface area contributed by atoms with E-state index in [1.54, 1.807) is 16.7 Å². The van der Waals surface area contributed by atoms with Crippen LogP contribution in [0.3, 0.4) is 0 Å². The van der Waals surface area contributed by atoms with Crippen LogP contribution in [-0.4, -0.2) is 9.55 Å². The predicted octanol–water partition coefficient (Wildman–Crippen LogP) is 5.31. The van der Waals surface area contributed by atoms with Crippen molar-refractivity contribution in [1.29, 1.82) is 0 Å². The summed E-state index contributed by atoms with van der Waals surface area (Å²) in [5.41, 5.74) is 5.33. The summed E-state index contributed by atoms with van der Waals surface area (Å²) in [7, 11) is 0. The molecule has 1 aromatic heterocycles. The molecule has 2 aliphatic carbocycles. The van der Waals surface area contributed by atoms with Crippen LogP contribution in [-0.2, 0) is 24.8 Å². The minimum atomic E-state index is 0. The SMILES string of the molecule is CCC12CCCc3ccc(Br)c(c31)CC(Cn1ccnc1)C2.Cl. The van der Waals surface area contributed by atoms with Crippen molar-refractivity contribution in [3.8, 4) is 0 Å². The van der Waals surface area contributed by atoms with E-state index in [1.807, 2.05) is 12.5 Å². The predicted molar refractivity (Wildman–Crippen MR) is 100 cm³/mol. The van der Waals surface area contributed by atoms with E-state index >= 15 is 0 Å². The van der Waals surface area contributed by atoms with Gasteiger partial charge in [0.1, 0.15) is 0 Å². The van der Waals surface area contributed by atoms with E-state index in [4.69, 9.17) is 0 Å². The van der Waals surface area contributed by atoms with E-state index < -0.39 is 0 Å². The minimum Gasteiger partial charge on any atom is -0.337 e. The molecule has 0 saturated carbocycles. The second kappa shape index (κ2) is 6.60. The molecule has 2 aliphatic rings. The lowest BCUT2D eigenvalue weighted by molar-refractivity contribution is 0.225. The van der Waals surface area contributed by atoms with Crippen molar-refractivity contribution >= 4 is 28.3 Å². The van der Waals surface area contributed by atoms with Crippen LogP contribution >= 0.6 is 28.3 Å². The lowest BCUT2D eigenvalue weighted by Gasteiger charge is -2.46. The number of nitrogens with zero attached hydrogens (tertiary/aromatic N) is 2. The maximum Gasteiger partial charge on any atom is 0.0945 e. The summed E-state index contributed by atoms with van der Waals surface area (Å²) >= 11 is 3.84. The Hall–Kier alpha value is -0.800. The van der Waals surface area contributed by atoms with Gasteiger partial charge in [0, 0.05) is 23.4 Å². The number of halogens is 2. The summed E-state index contributed by atoms with van der Waals surface area (Å²) in [6.07, 6.45) is 13.7. The zero-order valence-electron chi connectivity index (χ0n) is 13.6. The summed E-state index contributed by atoms with van der Waals surface area (Å²) in [6, 6.07) is 4.64. The van der Waals surface area contributed by atoms with Gasteiger partial charge in [-0.1, -0.05) is 28.9 Å². The highest BCUT2D eigenvalue weighted by Gasteiger charge is 2.42. The van der Waals surface area contributed by atoms with Gasteiger partial charge in [0.15, 0.2) is 0 Å². The maximum absolute atomic E-state index is 4.21. The number of hydrogen-bond acceptors (Lipinski definition) is 1. The van der Waals surface area contributed by atoms with Gasteiger partial charge in [0.2, 0.25) is 0 Å². The number of hydrogen-bond donors (Lipinski definition) is 0. The molecule has 0 spiro atoms.